The van der Waals surface area contributed by atoms with Crippen LogP contribution < -0.4 is 10.5 Å². The second-order valence-electron chi connectivity index (χ2n) is 5.27. The fourth-order valence-corrected chi connectivity index (χ4v) is 2.16. The van der Waals surface area contributed by atoms with Crippen molar-refractivity contribution in [3.8, 4) is 5.75 Å². The second kappa shape index (κ2) is 8.52. The van der Waals surface area contributed by atoms with Crippen molar-refractivity contribution in [3.05, 3.63) is 23.8 Å². The molecule has 1 aromatic rings. The fraction of sp³-hybridized carbons (Fsp3) is 0.562. The molecule has 0 saturated heterocycles. The van der Waals surface area contributed by atoms with Gasteiger partial charge in [-0.1, -0.05) is 0 Å². The van der Waals surface area contributed by atoms with Gasteiger partial charge in [0.1, 0.15) is 5.75 Å². The lowest BCUT2D eigenvalue weighted by Crippen LogP contribution is -2.33. The SMILES string of the molecule is CCOc1cc(N)cc(C(=O)N(CC)CCCN(C)C)c1. The molecule has 0 radical (unpaired) electrons. The lowest BCUT2D eigenvalue weighted by molar-refractivity contribution is 0.0759. The fourth-order valence-electron chi connectivity index (χ4n) is 2.16. The molecule has 1 aromatic carbocycles. The molecule has 2 N–H and O–H groups in total. The van der Waals surface area contributed by atoms with Gasteiger partial charge in [-0.15, -0.1) is 0 Å². The molecule has 0 spiro atoms. The quantitative estimate of drug-likeness (QED) is 0.746. The Balaban J connectivity index is 2.79. The van der Waals surface area contributed by atoms with Gasteiger partial charge in [0.15, 0.2) is 0 Å². The summed E-state index contributed by atoms with van der Waals surface area (Å²) in [6.07, 6.45) is 0.952. The van der Waals surface area contributed by atoms with Crippen LogP contribution in [0.5, 0.6) is 5.75 Å². The van der Waals surface area contributed by atoms with Crippen LogP contribution in [0, 0.1) is 0 Å². The average molecular weight is 293 g/mol. The number of ether oxygens (including phenoxy) is 1. The summed E-state index contributed by atoms with van der Waals surface area (Å²) in [6, 6.07) is 5.21. The van der Waals surface area contributed by atoms with E-state index in [0.717, 1.165) is 19.5 Å². The first-order chi connectivity index (χ1) is 9.97. The van der Waals surface area contributed by atoms with Gasteiger partial charge >= 0.3 is 0 Å². The third-order valence-corrected chi connectivity index (χ3v) is 3.19. The summed E-state index contributed by atoms with van der Waals surface area (Å²) >= 11 is 0. The number of anilines is 1. The average Bonchev–Trinajstić information content (AvgIpc) is 2.42. The molecule has 0 atom stereocenters. The molecular weight excluding hydrogens is 266 g/mol. The van der Waals surface area contributed by atoms with E-state index in [1.807, 2.05) is 32.8 Å². The third-order valence-electron chi connectivity index (χ3n) is 3.19. The second-order valence-corrected chi connectivity index (χ2v) is 5.27. The van der Waals surface area contributed by atoms with Gasteiger partial charge in [0.2, 0.25) is 0 Å². The highest BCUT2D eigenvalue weighted by atomic mass is 16.5. The summed E-state index contributed by atoms with van der Waals surface area (Å²) in [5.74, 6) is 0.648. The molecule has 1 rings (SSSR count). The van der Waals surface area contributed by atoms with Crippen LogP contribution in [0.3, 0.4) is 0 Å². The van der Waals surface area contributed by atoms with Gasteiger partial charge in [0.05, 0.1) is 6.61 Å². The minimum absolute atomic E-state index is 0.00418. The molecule has 21 heavy (non-hydrogen) atoms. The Morgan fingerprint density at radius 3 is 2.48 bits per heavy atom. The number of nitrogens with zero attached hydrogens (tertiary/aromatic N) is 2. The lowest BCUT2D eigenvalue weighted by atomic mass is 10.1. The van der Waals surface area contributed by atoms with Crippen molar-refractivity contribution >= 4 is 11.6 Å². The maximum atomic E-state index is 12.6. The molecule has 0 fully saturated rings. The van der Waals surface area contributed by atoms with Crippen molar-refractivity contribution < 1.29 is 9.53 Å². The molecule has 0 aromatic heterocycles. The van der Waals surface area contributed by atoms with Gasteiger partial charge < -0.3 is 20.3 Å². The Morgan fingerprint density at radius 2 is 1.90 bits per heavy atom. The van der Waals surface area contributed by atoms with E-state index in [4.69, 9.17) is 10.5 Å². The van der Waals surface area contributed by atoms with Crippen LogP contribution in [0.2, 0.25) is 0 Å². The number of amides is 1. The molecule has 0 bridgehead atoms. The van der Waals surface area contributed by atoms with Crippen LogP contribution in [-0.4, -0.2) is 56.0 Å². The Hall–Kier alpha value is -1.75. The first-order valence-corrected chi connectivity index (χ1v) is 7.45. The highest BCUT2D eigenvalue weighted by molar-refractivity contribution is 5.95. The number of rotatable bonds is 8. The lowest BCUT2D eigenvalue weighted by Gasteiger charge is -2.22. The summed E-state index contributed by atoms with van der Waals surface area (Å²) in [5, 5.41) is 0. The zero-order valence-corrected chi connectivity index (χ0v) is 13.6. The maximum absolute atomic E-state index is 12.6. The first-order valence-electron chi connectivity index (χ1n) is 7.45. The highest BCUT2D eigenvalue weighted by Gasteiger charge is 2.15. The summed E-state index contributed by atoms with van der Waals surface area (Å²) in [4.78, 5) is 16.5. The van der Waals surface area contributed by atoms with E-state index in [-0.39, 0.29) is 5.91 Å². The van der Waals surface area contributed by atoms with Crippen molar-refractivity contribution in [1.29, 1.82) is 0 Å². The van der Waals surface area contributed by atoms with Gasteiger partial charge in [-0.05, 0) is 53.0 Å². The summed E-state index contributed by atoms with van der Waals surface area (Å²) in [6.45, 7) is 6.84. The van der Waals surface area contributed by atoms with E-state index in [1.54, 1.807) is 18.2 Å². The number of carbonyl (C=O) groups excluding carboxylic acids is 1. The molecule has 118 valence electrons. The summed E-state index contributed by atoms with van der Waals surface area (Å²) in [7, 11) is 4.06. The molecule has 5 heteroatoms. The van der Waals surface area contributed by atoms with Crippen molar-refractivity contribution in [1.82, 2.24) is 9.80 Å². The van der Waals surface area contributed by atoms with Gasteiger partial charge in [-0.2, -0.15) is 0 Å². The van der Waals surface area contributed by atoms with Crippen LogP contribution in [0.25, 0.3) is 0 Å². The normalized spacial score (nSPS) is 10.7. The van der Waals surface area contributed by atoms with Gasteiger partial charge in [-0.3, -0.25) is 4.79 Å². The molecule has 1 amide bonds. The molecule has 0 aliphatic heterocycles. The van der Waals surface area contributed by atoms with Crippen molar-refractivity contribution in [2.45, 2.75) is 20.3 Å². The molecule has 5 nitrogen and oxygen atoms in total. The van der Waals surface area contributed by atoms with Crippen LogP contribution in [0.4, 0.5) is 5.69 Å². The zero-order valence-electron chi connectivity index (χ0n) is 13.6. The van der Waals surface area contributed by atoms with E-state index < -0.39 is 0 Å². The highest BCUT2D eigenvalue weighted by Crippen LogP contribution is 2.20. The van der Waals surface area contributed by atoms with Crippen LogP contribution in [-0.2, 0) is 0 Å². The number of nitrogen functional groups attached to an aromatic ring is 1. The minimum atomic E-state index is 0.00418. The predicted molar refractivity (Wildman–Crippen MR) is 86.8 cm³/mol. The number of hydrogen-bond acceptors (Lipinski definition) is 4. The van der Waals surface area contributed by atoms with Gasteiger partial charge in [-0.25, -0.2) is 0 Å². The molecule has 0 heterocycles. The number of nitrogens with two attached hydrogens (primary N) is 1. The molecule has 0 unspecified atom stereocenters. The topological polar surface area (TPSA) is 58.8 Å². The van der Waals surface area contributed by atoms with Crippen LogP contribution >= 0.6 is 0 Å². The summed E-state index contributed by atoms with van der Waals surface area (Å²) < 4.78 is 5.45. The maximum Gasteiger partial charge on any atom is 0.254 e. The Morgan fingerprint density at radius 1 is 1.19 bits per heavy atom. The smallest absolute Gasteiger partial charge is 0.254 e. The van der Waals surface area contributed by atoms with Gasteiger partial charge in [0.25, 0.3) is 5.91 Å². The Labute approximate surface area is 127 Å². The van der Waals surface area contributed by atoms with Crippen molar-refractivity contribution in [2.75, 3.05) is 46.1 Å². The number of hydrogen-bond donors (Lipinski definition) is 1. The zero-order chi connectivity index (χ0) is 15.8. The number of carbonyl (C=O) groups is 1. The van der Waals surface area contributed by atoms with E-state index in [1.165, 1.54) is 0 Å². The summed E-state index contributed by atoms with van der Waals surface area (Å²) in [5.41, 5.74) is 6.99. The van der Waals surface area contributed by atoms with E-state index in [0.29, 0.717) is 30.2 Å². The largest absolute Gasteiger partial charge is 0.494 e. The molecule has 0 saturated carbocycles. The van der Waals surface area contributed by atoms with E-state index >= 15 is 0 Å². The first kappa shape index (κ1) is 17.3. The van der Waals surface area contributed by atoms with Crippen molar-refractivity contribution in [3.63, 3.8) is 0 Å². The van der Waals surface area contributed by atoms with Gasteiger partial charge in [0, 0.05) is 30.4 Å². The minimum Gasteiger partial charge on any atom is -0.494 e. The van der Waals surface area contributed by atoms with Crippen LogP contribution in [0.1, 0.15) is 30.6 Å². The molecule has 0 aliphatic rings. The number of benzene rings is 1. The predicted octanol–water partition coefficient (Wildman–Crippen LogP) is 2.08. The van der Waals surface area contributed by atoms with Crippen LogP contribution in [0.15, 0.2) is 18.2 Å². The van der Waals surface area contributed by atoms with E-state index in [2.05, 4.69) is 4.90 Å². The molecule has 0 aliphatic carbocycles. The Kier molecular flexibility index (Phi) is 7.02. The Bertz CT molecular complexity index is 461. The van der Waals surface area contributed by atoms with E-state index in [9.17, 15) is 4.79 Å². The standard InChI is InChI=1S/C16H27N3O2/c1-5-19(9-7-8-18(3)4)16(20)13-10-14(17)12-15(11-13)21-6-2/h10-12H,5-9,17H2,1-4H3. The van der Waals surface area contributed by atoms with Crippen molar-refractivity contribution in [2.24, 2.45) is 0 Å². The molecular formula is C16H27N3O2. The monoisotopic (exact) mass is 293 g/mol. The third kappa shape index (κ3) is 5.63.